The molecule has 3 nitrogen and oxygen atoms in total. The molecular weight excluding hydrogens is 236 g/mol. The first-order valence-electron chi connectivity index (χ1n) is 6.16. The highest BCUT2D eigenvalue weighted by Crippen LogP contribution is 2.36. The van der Waals surface area contributed by atoms with Gasteiger partial charge in [-0.15, -0.1) is 0 Å². The number of hydrogen-bond donors (Lipinski definition) is 0. The van der Waals surface area contributed by atoms with E-state index in [1.807, 2.05) is 4.90 Å². The Balaban J connectivity index is 1.80. The van der Waals surface area contributed by atoms with Crippen LogP contribution >= 0.6 is 11.6 Å². The Labute approximate surface area is 106 Å². The van der Waals surface area contributed by atoms with Crippen molar-refractivity contribution in [1.29, 1.82) is 0 Å². The van der Waals surface area contributed by atoms with Crippen LogP contribution in [0.25, 0.3) is 0 Å². The van der Waals surface area contributed by atoms with Crippen molar-refractivity contribution in [3.8, 4) is 0 Å². The molecule has 1 aromatic heterocycles. The van der Waals surface area contributed by atoms with E-state index < -0.39 is 0 Å². The van der Waals surface area contributed by atoms with Gasteiger partial charge in [0.25, 0.3) is 5.91 Å². The van der Waals surface area contributed by atoms with Crippen LogP contribution in [-0.2, 0) is 0 Å². The molecule has 2 saturated carbocycles. The van der Waals surface area contributed by atoms with Crippen molar-refractivity contribution < 1.29 is 4.79 Å². The summed E-state index contributed by atoms with van der Waals surface area (Å²) in [6.07, 6.45) is 7.97. The van der Waals surface area contributed by atoms with Gasteiger partial charge in [0, 0.05) is 25.0 Å². The molecule has 2 fully saturated rings. The van der Waals surface area contributed by atoms with Crippen molar-refractivity contribution >= 4 is 17.5 Å². The maximum absolute atomic E-state index is 12.4. The van der Waals surface area contributed by atoms with Gasteiger partial charge in [-0.1, -0.05) is 11.6 Å². The van der Waals surface area contributed by atoms with Crippen LogP contribution in [0.3, 0.4) is 0 Å². The number of amides is 1. The number of nitrogens with zero attached hydrogens (tertiary/aromatic N) is 2. The Kier molecular flexibility index (Phi) is 2.79. The van der Waals surface area contributed by atoms with E-state index in [2.05, 4.69) is 4.98 Å². The highest BCUT2D eigenvalue weighted by atomic mass is 35.5. The third-order valence-corrected chi connectivity index (χ3v) is 3.70. The van der Waals surface area contributed by atoms with Gasteiger partial charge >= 0.3 is 0 Å². The molecule has 0 bridgehead atoms. The maximum atomic E-state index is 12.4. The van der Waals surface area contributed by atoms with Gasteiger partial charge in [0.1, 0.15) is 0 Å². The monoisotopic (exact) mass is 250 g/mol. The normalized spacial score (nSPS) is 19.1. The van der Waals surface area contributed by atoms with Gasteiger partial charge in [-0.3, -0.25) is 9.78 Å². The van der Waals surface area contributed by atoms with Gasteiger partial charge in [0.15, 0.2) is 0 Å². The zero-order chi connectivity index (χ0) is 11.8. The molecule has 0 unspecified atom stereocenters. The number of rotatable bonds is 4. The van der Waals surface area contributed by atoms with E-state index in [0.29, 0.717) is 16.6 Å². The molecule has 0 aromatic carbocycles. The Morgan fingerprint density at radius 2 is 2.18 bits per heavy atom. The third kappa shape index (κ3) is 2.44. The van der Waals surface area contributed by atoms with E-state index in [1.165, 1.54) is 19.0 Å². The second-order valence-corrected chi connectivity index (χ2v) is 5.39. The second kappa shape index (κ2) is 4.30. The van der Waals surface area contributed by atoms with Crippen LogP contribution in [0.1, 0.15) is 36.0 Å². The zero-order valence-electron chi connectivity index (χ0n) is 9.60. The van der Waals surface area contributed by atoms with Gasteiger partial charge in [0.2, 0.25) is 0 Å². The minimum absolute atomic E-state index is 0.0757. The van der Waals surface area contributed by atoms with E-state index >= 15 is 0 Å². The number of halogens is 1. The van der Waals surface area contributed by atoms with Gasteiger partial charge in [-0.2, -0.15) is 0 Å². The van der Waals surface area contributed by atoms with Gasteiger partial charge in [0.05, 0.1) is 10.6 Å². The molecule has 0 atom stereocenters. The summed E-state index contributed by atoms with van der Waals surface area (Å²) in [5, 5.41) is 0.457. The van der Waals surface area contributed by atoms with E-state index in [-0.39, 0.29) is 5.91 Å². The number of pyridine rings is 1. The fourth-order valence-corrected chi connectivity index (χ4v) is 2.27. The van der Waals surface area contributed by atoms with Crippen LogP contribution < -0.4 is 0 Å². The molecule has 0 radical (unpaired) electrons. The lowest BCUT2D eigenvalue weighted by atomic mass is 10.2. The fraction of sp³-hybridized carbons (Fsp3) is 0.538. The van der Waals surface area contributed by atoms with Crippen LogP contribution in [0, 0.1) is 5.92 Å². The van der Waals surface area contributed by atoms with Crippen LogP contribution in [0.2, 0.25) is 5.02 Å². The first kappa shape index (κ1) is 11.0. The molecule has 90 valence electrons. The average Bonchev–Trinajstić information content (AvgIpc) is 3.17. The Bertz CT molecular complexity index is 441. The summed E-state index contributed by atoms with van der Waals surface area (Å²) in [4.78, 5) is 18.4. The lowest BCUT2D eigenvalue weighted by molar-refractivity contribution is 0.0735. The van der Waals surface area contributed by atoms with Crippen molar-refractivity contribution in [2.45, 2.75) is 31.7 Å². The highest BCUT2D eigenvalue weighted by Gasteiger charge is 2.37. The summed E-state index contributed by atoms with van der Waals surface area (Å²) < 4.78 is 0. The number of carbonyl (C=O) groups is 1. The molecule has 1 amide bonds. The molecule has 0 spiro atoms. The lowest BCUT2D eigenvalue weighted by Crippen LogP contribution is -2.35. The first-order chi connectivity index (χ1) is 8.25. The van der Waals surface area contributed by atoms with E-state index in [9.17, 15) is 4.79 Å². The number of hydrogen-bond acceptors (Lipinski definition) is 2. The van der Waals surface area contributed by atoms with Crippen molar-refractivity contribution in [2.24, 2.45) is 5.92 Å². The molecule has 2 aliphatic carbocycles. The van der Waals surface area contributed by atoms with Crippen molar-refractivity contribution in [1.82, 2.24) is 9.88 Å². The van der Waals surface area contributed by atoms with E-state index in [1.54, 1.807) is 12.3 Å². The largest absolute Gasteiger partial charge is 0.335 e. The van der Waals surface area contributed by atoms with Crippen molar-refractivity contribution in [3.05, 3.63) is 29.0 Å². The van der Waals surface area contributed by atoms with Crippen LogP contribution in [0.4, 0.5) is 0 Å². The van der Waals surface area contributed by atoms with Crippen LogP contribution in [-0.4, -0.2) is 28.4 Å². The van der Waals surface area contributed by atoms with E-state index in [0.717, 1.165) is 25.3 Å². The van der Waals surface area contributed by atoms with Gasteiger partial charge < -0.3 is 4.90 Å². The summed E-state index contributed by atoms with van der Waals surface area (Å²) >= 11 is 6.03. The van der Waals surface area contributed by atoms with E-state index in [4.69, 9.17) is 11.6 Å². The van der Waals surface area contributed by atoms with Crippen LogP contribution in [0.15, 0.2) is 18.5 Å². The Morgan fingerprint density at radius 3 is 2.76 bits per heavy atom. The molecular formula is C13H15ClN2O. The lowest BCUT2D eigenvalue weighted by Gasteiger charge is -2.22. The first-order valence-corrected chi connectivity index (χ1v) is 6.54. The molecule has 3 rings (SSSR count). The average molecular weight is 251 g/mol. The maximum Gasteiger partial charge on any atom is 0.255 e. The SMILES string of the molecule is O=C(c1ccncc1Cl)N(CC1CC1)C1CC1. The number of aromatic nitrogens is 1. The number of carbonyl (C=O) groups excluding carboxylic acids is 1. The molecule has 1 heterocycles. The zero-order valence-corrected chi connectivity index (χ0v) is 10.4. The Morgan fingerprint density at radius 1 is 1.41 bits per heavy atom. The quantitative estimate of drug-likeness (QED) is 0.823. The highest BCUT2D eigenvalue weighted by molar-refractivity contribution is 6.33. The molecule has 17 heavy (non-hydrogen) atoms. The molecule has 0 aliphatic heterocycles. The molecule has 2 aliphatic rings. The smallest absolute Gasteiger partial charge is 0.255 e. The molecule has 0 N–H and O–H groups in total. The summed E-state index contributed by atoms with van der Waals surface area (Å²) in [7, 11) is 0. The predicted octanol–water partition coefficient (Wildman–Crippen LogP) is 2.75. The van der Waals surface area contributed by atoms with Crippen molar-refractivity contribution in [2.75, 3.05) is 6.54 Å². The predicted molar refractivity (Wildman–Crippen MR) is 66.0 cm³/mol. The van der Waals surface area contributed by atoms with Gasteiger partial charge in [-0.25, -0.2) is 0 Å². The summed E-state index contributed by atoms with van der Waals surface area (Å²) in [5.41, 5.74) is 0.592. The topological polar surface area (TPSA) is 33.2 Å². The minimum atomic E-state index is 0.0757. The molecule has 0 saturated heterocycles. The van der Waals surface area contributed by atoms with Crippen LogP contribution in [0.5, 0.6) is 0 Å². The summed E-state index contributed by atoms with van der Waals surface area (Å²) in [5.74, 6) is 0.798. The second-order valence-electron chi connectivity index (χ2n) is 4.99. The standard InChI is InChI=1S/C13H15ClN2O/c14-12-7-15-6-5-11(12)13(17)16(10-3-4-10)8-9-1-2-9/h5-7,9-10H,1-4,8H2. The summed E-state index contributed by atoms with van der Waals surface area (Å²) in [6, 6.07) is 2.17. The van der Waals surface area contributed by atoms with Gasteiger partial charge in [-0.05, 0) is 37.7 Å². The minimum Gasteiger partial charge on any atom is -0.335 e. The summed E-state index contributed by atoms with van der Waals surface area (Å²) in [6.45, 7) is 0.905. The third-order valence-electron chi connectivity index (χ3n) is 3.40. The molecule has 4 heteroatoms. The fourth-order valence-electron chi connectivity index (χ4n) is 2.07. The molecule has 1 aromatic rings. The Hall–Kier alpha value is -1.09. The van der Waals surface area contributed by atoms with Crippen molar-refractivity contribution in [3.63, 3.8) is 0 Å².